The molecule has 1 unspecified atom stereocenters. The number of hydrogen-bond acceptors (Lipinski definition) is 2. The molecule has 0 saturated carbocycles. The minimum absolute atomic E-state index is 0.265. The molecule has 0 rings (SSSR count). The summed E-state index contributed by atoms with van der Waals surface area (Å²) in [5.41, 5.74) is 0.265. The maximum atomic E-state index is 8.47. The Hall–Kier alpha value is -0.260. The molecule has 0 aromatic rings. The van der Waals surface area contributed by atoms with Gasteiger partial charge < -0.3 is 4.90 Å². The van der Waals surface area contributed by atoms with E-state index in [-0.39, 0.29) is 5.41 Å². The summed E-state index contributed by atoms with van der Waals surface area (Å²) in [6.07, 6.45) is 0. The number of halogens is 1. The van der Waals surface area contributed by atoms with Crippen LogP contribution in [-0.2, 0) is 0 Å². The first-order valence-corrected chi connectivity index (χ1v) is 4.51. The molecule has 0 aliphatic carbocycles. The first kappa shape index (κ1) is 11.7. The summed E-state index contributed by atoms with van der Waals surface area (Å²) < 4.78 is 0. The van der Waals surface area contributed by atoms with Crippen molar-refractivity contribution in [3.8, 4) is 6.07 Å². The Bertz CT molecular complexity index is 166. The van der Waals surface area contributed by atoms with Gasteiger partial charge in [-0.2, -0.15) is 5.26 Å². The Balaban J connectivity index is 3.76. The molecule has 0 saturated heterocycles. The quantitative estimate of drug-likeness (QED) is 0.635. The second-order valence-corrected chi connectivity index (χ2v) is 4.88. The van der Waals surface area contributed by atoms with Crippen molar-refractivity contribution in [2.75, 3.05) is 20.1 Å². The van der Waals surface area contributed by atoms with Crippen LogP contribution in [0.25, 0.3) is 0 Å². The Morgan fingerprint density at radius 2 is 2.00 bits per heavy atom. The lowest BCUT2D eigenvalue weighted by Crippen LogP contribution is -2.33. The SMILES string of the molecule is CN(CC(Cl)C#N)CC(C)(C)C. The van der Waals surface area contributed by atoms with Crippen LogP contribution in [-0.4, -0.2) is 30.4 Å². The maximum Gasteiger partial charge on any atom is 0.133 e. The van der Waals surface area contributed by atoms with E-state index in [4.69, 9.17) is 16.9 Å². The standard InChI is InChI=1S/C9H17ClN2/c1-9(2,3)7-12(4)6-8(10)5-11/h8H,6-7H2,1-4H3. The lowest BCUT2D eigenvalue weighted by Gasteiger charge is -2.26. The molecular weight excluding hydrogens is 172 g/mol. The molecule has 3 heteroatoms. The summed E-state index contributed by atoms with van der Waals surface area (Å²) in [6.45, 7) is 8.09. The van der Waals surface area contributed by atoms with Gasteiger partial charge in [-0.3, -0.25) is 0 Å². The number of nitriles is 1. The van der Waals surface area contributed by atoms with E-state index in [0.29, 0.717) is 6.54 Å². The van der Waals surface area contributed by atoms with Gasteiger partial charge in [0, 0.05) is 13.1 Å². The van der Waals surface area contributed by atoms with Gasteiger partial charge in [0.1, 0.15) is 5.38 Å². The predicted octanol–water partition coefficient (Wildman–Crippen LogP) is 2.10. The molecule has 0 aromatic carbocycles. The summed E-state index contributed by atoms with van der Waals surface area (Å²) in [5, 5.41) is 8.08. The van der Waals surface area contributed by atoms with Crippen LogP contribution in [0.1, 0.15) is 20.8 Å². The van der Waals surface area contributed by atoms with E-state index >= 15 is 0 Å². The van der Waals surface area contributed by atoms with Crippen molar-refractivity contribution < 1.29 is 0 Å². The van der Waals surface area contributed by atoms with Gasteiger partial charge in [0.05, 0.1) is 6.07 Å². The minimum atomic E-state index is -0.391. The van der Waals surface area contributed by atoms with Gasteiger partial charge in [0.2, 0.25) is 0 Å². The van der Waals surface area contributed by atoms with E-state index in [1.165, 1.54) is 0 Å². The van der Waals surface area contributed by atoms with Crippen LogP contribution in [0.3, 0.4) is 0 Å². The third-order valence-corrected chi connectivity index (χ3v) is 1.59. The highest BCUT2D eigenvalue weighted by Crippen LogP contribution is 2.14. The molecule has 0 radical (unpaired) electrons. The molecular formula is C9H17ClN2. The molecule has 0 amide bonds. The second-order valence-electron chi connectivity index (χ2n) is 4.35. The molecule has 0 N–H and O–H groups in total. The highest BCUT2D eigenvalue weighted by atomic mass is 35.5. The molecule has 2 nitrogen and oxygen atoms in total. The topological polar surface area (TPSA) is 27.0 Å². The normalized spacial score (nSPS) is 14.4. The van der Waals surface area contributed by atoms with Crippen molar-refractivity contribution in [2.45, 2.75) is 26.1 Å². The van der Waals surface area contributed by atoms with Gasteiger partial charge in [-0.25, -0.2) is 0 Å². The molecule has 0 aromatic heterocycles. The first-order chi connectivity index (χ1) is 5.35. The average Bonchev–Trinajstić information content (AvgIpc) is 1.82. The van der Waals surface area contributed by atoms with Crippen molar-refractivity contribution in [1.82, 2.24) is 4.90 Å². The van der Waals surface area contributed by atoms with E-state index < -0.39 is 5.38 Å². The highest BCUT2D eigenvalue weighted by Gasteiger charge is 2.15. The van der Waals surface area contributed by atoms with Crippen molar-refractivity contribution in [3.63, 3.8) is 0 Å². The fourth-order valence-corrected chi connectivity index (χ4v) is 1.42. The molecule has 0 spiro atoms. The van der Waals surface area contributed by atoms with E-state index in [2.05, 4.69) is 25.7 Å². The van der Waals surface area contributed by atoms with E-state index in [1.807, 2.05) is 13.1 Å². The molecule has 0 aliphatic rings. The zero-order valence-corrected chi connectivity index (χ0v) is 9.02. The third-order valence-electron chi connectivity index (χ3n) is 1.36. The van der Waals surface area contributed by atoms with Gasteiger partial charge in [0.15, 0.2) is 0 Å². The van der Waals surface area contributed by atoms with E-state index in [0.717, 1.165) is 6.54 Å². The minimum Gasteiger partial charge on any atom is -0.303 e. The van der Waals surface area contributed by atoms with Crippen molar-refractivity contribution in [1.29, 1.82) is 5.26 Å². The first-order valence-electron chi connectivity index (χ1n) is 4.07. The predicted molar refractivity (Wildman–Crippen MR) is 52.2 cm³/mol. The van der Waals surface area contributed by atoms with Gasteiger partial charge in [0.25, 0.3) is 0 Å². The largest absolute Gasteiger partial charge is 0.303 e. The zero-order valence-electron chi connectivity index (χ0n) is 8.26. The van der Waals surface area contributed by atoms with Gasteiger partial charge in [-0.1, -0.05) is 20.8 Å². The van der Waals surface area contributed by atoms with Crippen molar-refractivity contribution >= 4 is 11.6 Å². The number of rotatable bonds is 3. The van der Waals surface area contributed by atoms with Crippen LogP contribution in [0.2, 0.25) is 0 Å². The smallest absolute Gasteiger partial charge is 0.133 e. The molecule has 0 aliphatic heterocycles. The number of alkyl halides is 1. The Kier molecular flexibility index (Phi) is 4.59. The maximum absolute atomic E-state index is 8.47. The summed E-state index contributed by atoms with van der Waals surface area (Å²) in [7, 11) is 1.98. The lowest BCUT2D eigenvalue weighted by atomic mass is 9.96. The second kappa shape index (κ2) is 4.69. The lowest BCUT2D eigenvalue weighted by molar-refractivity contribution is 0.232. The average molecular weight is 189 g/mol. The Morgan fingerprint density at radius 3 is 2.33 bits per heavy atom. The Labute approximate surface area is 80.1 Å². The molecule has 12 heavy (non-hydrogen) atoms. The fraction of sp³-hybridized carbons (Fsp3) is 0.889. The molecule has 0 fully saturated rings. The summed E-state index contributed by atoms with van der Waals surface area (Å²) in [4.78, 5) is 2.08. The molecule has 0 bridgehead atoms. The van der Waals surface area contributed by atoms with Crippen LogP contribution in [0.15, 0.2) is 0 Å². The van der Waals surface area contributed by atoms with Gasteiger partial charge in [-0.05, 0) is 12.5 Å². The zero-order chi connectivity index (χ0) is 9.78. The Morgan fingerprint density at radius 1 is 1.50 bits per heavy atom. The van der Waals surface area contributed by atoms with Crippen molar-refractivity contribution in [2.24, 2.45) is 5.41 Å². The van der Waals surface area contributed by atoms with Crippen LogP contribution in [0.4, 0.5) is 0 Å². The van der Waals surface area contributed by atoms with Crippen LogP contribution < -0.4 is 0 Å². The monoisotopic (exact) mass is 188 g/mol. The number of nitrogens with zero attached hydrogens (tertiary/aromatic N) is 2. The van der Waals surface area contributed by atoms with Crippen LogP contribution >= 0.6 is 11.6 Å². The number of hydrogen-bond donors (Lipinski definition) is 0. The highest BCUT2D eigenvalue weighted by molar-refractivity contribution is 6.22. The van der Waals surface area contributed by atoms with Crippen molar-refractivity contribution in [3.05, 3.63) is 0 Å². The summed E-state index contributed by atoms with van der Waals surface area (Å²) in [6, 6.07) is 2.01. The molecule has 1 atom stereocenters. The third kappa shape index (κ3) is 6.45. The van der Waals surface area contributed by atoms with E-state index in [1.54, 1.807) is 0 Å². The fourth-order valence-electron chi connectivity index (χ4n) is 1.19. The summed E-state index contributed by atoms with van der Waals surface area (Å²) >= 11 is 5.69. The van der Waals surface area contributed by atoms with E-state index in [9.17, 15) is 0 Å². The van der Waals surface area contributed by atoms with Crippen LogP contribution in [0, 0.1) is 16.7 Å². The van der Waals surface area contributed by atoms with Crippen LogP contribution in [0.5, 0.6) is 0 Å². The summed E-state index contributed by atoms with van der Waals surface area (Å²) in [5.74, 6) is 0. The molecule has 0 heterocycles. The van der Waals surface area contributed by atoms with Gasteiger partial charge in [-0.15, -0.1) is 11.6 Å². The van der Waals surface area contributed by atoms with Gasteiger partial charge >= 0.3 is 0 Å². The molecule has 70 valence electrons.